The van der Waals surface area contributed by atoms with Crippen LogP contribution >= 0.6 is 12.6 Å². The first-order chi connectivity index (χ1) is 6.65. The molecule has 0 bridgehead atoms. The Balaban J connectivity index is 2.44. The quantitative estimate of drug-likeness (QED) is 0.695. The highest BCUT2D eigenvalue weighted by Crippen LogP contribution is 2.26. The van der Waals surface area contributed by atoms with Crippen molar-refractivity contribution in [3.8, 4) is 0 Å². The summed E-state index contributed by atoms with van der Waals surface area (Å²) in [5.41, 5.74) is 0. The number of amides is 1. The highest BCUT2D eigenvalue weighted by atomic mass is 32.1. The van der Waals surface area contributed by atoms with Crippen LogP contribution in [-0.2, 0) is 4.79 Å². The van der Waals surface area contributed by atoms with Gasteiger partial charge in [0.25, 0.3) is 0 Å². The topological polar surface area (TPSA) is 29.1 Å². The van der Waals surface area contributed by atoms with E-state index in [0.717, 1.165) is 6.42 Å². The van der Waals surface area contributed by atoms with Gasteiger partial charge >= 0.3 is 0 Å². The summed E-state index contributed by atoms with van der Waals surface area (Å²) in [7, 11) is 0. The average molecular weight is 215 g/mol. The largest absolute Gasteiger partial charge is 0.352 e. The zero-order chi connectivity index (χ0) is 10.6. The van der Waals surface area contributed by atoms with Crippen LogP contribution in [0.25, 0.3) is 0 Å². The smallest absolute Gasteiger partial charge is 0.232 e. The Morgan fingerprint density at radius 1 is 1.50 bits per heavy atom. The summed E-state index contributed by atoms with van der Waals surface area (Å²) < 4.78 is 0. The Labute approximate surface area is 92.2 Å². The molecule has 0 spiro atoms. The number of thiol groups is 1. The van der Waals surface area contributed by atoms with Gasteiger partial charge in [-0.25, -0.2) is 0 Å². The Kier molecular flexibility index (Phi) is 4.79. The molecule has 82 valence electrons. The summed E-state index contributed by atoms with van der Waals surface area (Å²) in [6, 6.07) is 0.399. The maximum atomic E-state index is 11.5. The summed E-state index contributed by atoms with van der Waals surface area (Å²) in [5, 5.41) is 2.92. The van der Waals surface area contributed by atoms with Gasteiger partial charge in [-0.15, -0.1) is 0 Å². The van der Waals surface area contributed by atoms with E-state index in [-0.39, 0.29) is 11.2 Å². The van der Waals surface area contributed by atoms with E-state index in [2.05, 4.69) is 24.9 Å². The molecule has 1 aliphatic rings. The standard InChI is InChI=1S/C11H21NOS/c1-3-9-6-4-5-7-10(9)12-11(13)8(2)14/h8-10,14H,3-7H2,1-2H3,(H,12,13). The highest BCUT2D eigenvalue weighted by molar-refractivity contribution is 7.81. The summed E-state index contributed by atoms with van der Waals surface area (Å²) in [5.74, 6) is 0.762. The lowest BCUT2D eigenvalue weighted by Gasteiger charge is -2.31. The minimum atomic E-state index is -0.186. The number of rotatable bonds is 3. The maximum absolute atomic E-state index is 11.5. The Bertz CT molecular complexity index is 194. The summed E-state index contributed by atoms with van der Waals surface area (Å²) in [4.78, 5) is 11.5. The molecule has 3 heteroatoms. The third-order valence-electron chi connectivity index (χ3n) is 3.14. The van der Waals surface area contributed by atoms with E-state index >= 15 is 0 Å². The van der Waals surface area contributed by atoms with Crippen LogP contribution in [0, 0.1) is 5.92 Å². The van der Waals surface area contributed by atoms with Crippen LogP contribution in [0.4, 0.5) is 0 Å². The molecule has 0 aromatic rings. The summed E-state index contributed by atoms with van der Waals surface area (Å²) >= 11 is 4.14. The molecule has 1 amide bonds. The maximum Gasteiger partial charge on any atom is 0.232 e. The van der Waals surface area contributed by atoms with Crippen LogP contribution in [0.2, 0.25) is 0 Å². The van der Waals surface area contributed by atoms with Gasteiger partial charge in [0.15, 0.2) is 0 Å². The number of nitrogens with one attached hydrogen (secondary N) is 1. The normalized spacial score (nSPS) is 29.6. The van der Waals surface area contributed by atoms with Gasteiger partial charge < -0.3 is 5.32 Å². The molecule has 0 aromatic carbocycles. The van der Waals surface area contributed by atoms with Crippen molar-refractivity contribution in [2.45, 2.75) is 57.2 Å². The minimum Gasteiger partial charge on any atom is -0.352 e. The van der Waals surface area contributed by atoms with Gasteiger partial charge in [0.2, 0.25) is 5.91 Å². The molecule has 1 fully saturated rings. The van der Waals surface area contributed by atoms with Gasteiger partial charge in [-0.05, 0) is 25.7 Å². The third kappa shape index (κ3) is 3.19. The van der Waals surface area contributed by atoms with Crippen LogP contribution < -0.4 is 5.32 Å². The van der Waals surface area contributed by atoms with Gasteiger partial charge in [0.1, 0.15) is 0 Å². The van der Waals surface area contributed by atoms with Crippen molar-refractivity contribution in [1.29, 1.82) is 0 Å². The highest BCUT2D eigenvalue weighted by Gasteiger charge is 2.25. The molecule has 0 heterocycles. The molecule has 2 nitrogen and oxygen atoms in total. The van der Waals surface area contributed by atoms with Crippen LogP contribution in [0.1, 0.15) is 46.0 Å². The molecular formula is C11H21NOS. The zero-order valence-electron chi connectivity index (χ0n) is 9.12. The van der Waals surface area contributed by atoms with Crippen molar-refractivity contribution in [2.24, 2.45) is 5.92 Å². The van der Waals surface area contributed by atoms with Crippen LogP contribution in [0.5, 0.6) is 0 Å². The lowest BCUT2D eigenvalue weighted by molar-refractivity contribution is -0.121. The second-order valence-corrected chi connectivity index (χ2v) is 5.02. The third-order valence-corrected chi connectivity index (χ3v) is 3.38. The van der Waals surface area contributed by atoms with Crippen molar-refractivity contribution in [3.05, 3.63) is 0 Å². The predicted octanol–water partition coefficient (Wildman–Crippen LogP) is 2.39. The fourth-order valence-corrected chi connectivity index (χ4v) is 2.26. The van der Waals surface area contributed by atoms with E-state index in [9.17, 15) is 4.79 Å². The van der Waals surface area contributed by atoms with E-state index in [1.54, 1.807) is 0 Å². The van der Waals surface area contributed by atoms with Gasteiger partial charge in [0.05, 0.1) is 5.25 Å². The van der Waals surface area contributed by atoms with Gasteiger partial charge in [-0.1, -0.05) is 26.2 Å². The monoisotopic (exact) mass is 215 g/mol. The molecule has 1 saturated carbocycles. The number of carbonyl (C=O) groups excluding carboxylic acids is 1. The molecule has 1 rings (SSSR count). The number of hydrogen-bond acceptors (Lipinski definition) is 2. The number of carbonyl (C=O) groups is 1. The van der Waals surface area contributed by atoms with E-state index in [1.807, 2.05) is 6.92 Å². The van der Waals surface area contributed by atoms with Gasteiger partial charge in [-0.3, -0.25) is 4.79 Å². The van der Waals surface area contributed by atoms with Crippen LogP contribution in [0.3, 0.4) is 0 Å². The van der Waals surface area contributed by atoms with E-state index in [1.165, 1.54) is 25.7 Å². The second kappa shape index (κ2) is 5.64. The zero-order valence-corrected chi connectivity index (χ0v) is 10.0. The molecule has 0 radical (unpaired) electrons. The van der Waals surface area contributed by atoms with Crippen molar-refractivity contribution in [1.82, 2.24) is 5.32 Å². The van der Waals surface area contributed by atoms with Crippen LogP contribution in [0.15, 0.2) is 0 Å². The van der Waals surface area contributed by atoms with Crippen molar-refractivity contribution >= 4 is 18.5 Å². The van der Waals surface area contributed by atoms with E-state index in [4.69, 9.17) is 0 Å². The van der Waals surface area contributed by atoms with Crippen LogP contribution in [-0.4, -0.2) is 17.2 Å². The molecule has 0 saturated heterocycles. The van der Waals surface area contributed by atoms with Crippen molar-refractivity contribution in [3.63, 3.8) is 0 Å². The molecule has 3 unspecified atom stereocenters. The van der Waals surface area contributed by atoms with Crippen molar-refractivity contribution in [2.75, 3.05) is 0 Å². The van der Waals surface area contributed by atoms with E-state index in [0.29, 0.717) is 12.0 Å². The predicted molar refractivity (Wildman–Crippen MR) is 62.6 cm³/mol. The number of hydrogen-bond donors (Lipinski definition) is 2. The summed E-state index contributed by atoms with van der Waals surface area (Å²) in [6.45, 7) is 4.03. The SMILES string of the molecule is CCC1CCCCC1NC(=O)C(C)S. The van der Waals surface area contributed by atoms with Gasteiger partial charge in [-0.2, -0.15) is 12.6 Å². The van der Waals surface area contributed by atoms with E-state index < -0.39 is 0 Å². The Morgan fingerprint density at radius 2 is 2.14 bits per heavy atom. The molecule has 1 N–H and O–H groups in total. The lowest BCUT2D eigenvalue weighted by Crippen LogP contribution is -2.44. The minimum absolute atomic E-state index is 0.0821. The molecule has 14 heavy (non-hydrogen) atoms. The molecule has 0 aliphatic heterocycles. The fourth-order valence-electron chi connectivity index (χ4n) is 2.19. The first-order valence-corrected chi connectivity index (χ1v) is 6.15. The molecule has 0 aromatic heterocycles. The fraction of sp³-hybridized carbons (Fsp3) is 0.909. The Morgan fingerprint density at radius 3 is 2.71 bits per heavy atom. The second-order valence-electron chi connectivity index (χ2n) is 4.24. The molecular weight excluding hydrogens is 194 g/mol. The first-order valence-electron chi connectivity index (χ1n) is 5.63. The Hall–Kier alpha value is -0.180. The first kappa shape index (κ1) is 11.9. The molecule has 3 atom stereocenters. The van der Waals surface area contributed by atoms with Gasteiger partial charge in [0, 0.05) is 6.04 Å². The molecule has 1 aliphatic carbocycles. The van der Waals surface area contributed by atoms with Crippen molar-refractivity contribution < 1.29 is 4.79 Å². The average Bonchev–Trinajstić information content (AvgIpc) is 2.18. The summed E-state index contributed by atoms with van der Waals surface area (Å²) in [6.07, 6.45) is 6.16. The lowest BCUT2D eigenvalue weighted by atomic mass is 9.83.